The van der Waals surface area contributed by atoms with Crippen LogP contribution in [0.1, 0.15) is 35.3 Å². The van der Waals surface area contributed by atoms with E-state index in [0.29, 0.717) is 13.1 Å². The van der Waals surface area contributed by atoms with Crippen LogP contribution in [0, 0.1) is 0 Å². The summed E-state index contributed by atoms with van der Waals surface area (Å²) in [6.07, 6.45) is 0.229. The smallest absolute Gasteiger partial charge is 0.254 e. The molecule has 5 heteroatoms. The Morgan fingerprint density at radius 2 is 1.85 bits per heavy atom. The van der Waals surface area contributed by atoms with Crippen molar-refractivity contribution in [3.63, 3.8) is 0 Å². The number of nitrogens with zero attached hydrogens (tertiary/aromatic N) is 1. The Labute approximate surface area is 125 Å². The molecule has 0 saturated carbocycles. The van der Waals surface area contributed by atoms with Gasteiger partial charge in [0.25, 0.3) is 5.91 Å². The zero-order valence-electron chi connectivity index (χ0n) is 11.9. The van der Waals surface area contributed by atoms with E-state index < -0.39 is 0 Å². The molecule has 1 aromatic carbocycles. The molecule has 0 radical (unpaired) electrons. The van der Waals surface area contributed by atoms with E-state index in [1.54, 1.807) is 0 Å². The Kier molecular flexibility index (Phi) is 4.68. The number of hydrogen-bond acceptors (Lipinski definition) is 3. The largest absolute Gasteiger partial charge is 0.372 e. The van der Waals surface area contributed by atoms with E-state index >= 15 is 0 Å². The van der Waals surface area contributed by atoms with Crippen molar-refractivity contribution in [2.45, 2.75) is 39.1 Å². The topological polar surface area (TPSA) is 41.6 Å². The minimum absolute atomic E-state index is 0. The molecule has 2 aliphatic rings. The summed E-state index contributed by atoms with van der Waals surface area (Å²) in [5, 5.41) is 3.30. The average Bonchev–Trinajstić information content (AvgIpc) is 2.83. The number of benzene rings is 1. The zero-order valence-corrected chi connectivity index (χ0v) is 12.7. The first-order chi connectivity index (χ1) is 9.13. The first-order valence-electron chi connectivity index (χ1n) is 6.91. The van der Waals surface area contributed by atoms with E-state index in [-0.39, 0.29) is 30.5 Å². The van der Waals surface area contributed by atoms with E-state index in [9.17, 15) is 4.79 Å². The molecule has 20 heavy (non-hydrogen) atoms. The lowest BCUT2D eigenvalue weighted by Crippen LogP contribution is -2.48. The van der Waals surface area contributed by atoms with Gasteiger partial charge >= 0.3 is 0 Å². The average molecular weight is 297 g/mol. The number of hydrogen-bond donors (Lipinski definition) is 1. The van der Waals surface area contributed by atoms with Crippen LogP contribution in [0.3, 0.4) is 0 Å². The van der Waals surface area contributed by atoms with Gasteiger partial charge in [0.05, 0.1) is 12.2 Å². The molecule has 1 aromatic rings. The molecule has 0 spiro atoms. The lowest BCUT2D eigenvalue weighted by Gasteiger charge is -2.35. The number of halogens is 1. The highest BCUT2D eigenvalue weighted by molar-refractivity contribution is 5.94. The standard InChI is InChI=1S/C15H20N2O2.ClH/c1-10-8-17(9-11(2)19-10)15(18)12-3-4-13-6-16-7-14(13)5-12;/h3-5,10-11,16H,6-9H2,1-2H3;1H. The predicted octanol–water partition coefficient (Wildman–Crippen LogP) is 1.96. The van der Waals surface area contributed by atoms with E-state index in [0.717, 1.165) is 18.7 Å². The van der Waals surface area contributed by atoms with Crippen LogP contribution in [0.25, 0.3) is 0 Å². The Morgan fingerprint density at radius 1 is 1.20 bits per heavy atom. The minimum atomic E-state index is 0. The fraction of sp³-hybridized carbons (Fsp3) is 0.533. The van der Waals surface area contributed by atoms with Gasteiger partial charge in [0.15, 0.2) is 0 Å². The molecular formula is C15H21ClN2O2. The lowest BCUT2D eigenvalue weighted by molar-refractivity contribution is -0.0586. The molecule has 1 saturated heterocycles. The number of fused-ring (bicyclic) bond motifs is 1. The maximum absolute atomic E-state index is 12.5. The zero-order chi connectivity index (χ0) is 13.4. The van der Waals surface area contributed by atoms with Gasteiger partial charge in [0.2, 0.25) is 0 Å². The summed E-state index contributed by atoms with van der Waals surface area (Å²) in [6.45, 7) is 7.17. The monoisotopic (exact) mass is 296 g/mol. The minimum Gasteiger partial charge on any atom is -0.372 e. The Morgan fingerprint density at radius 3 is 2.55 bits per heavy atom. The molecule has 2 heterocycles. The van der Waals surface area contributed by atoms with Crippen LogP contribution >= 0.6 is 12.4 Å². The van der Waals surface area contributed by atoms with Crippen LogP contribution in [0.4, 0.5) is 0 Å². The number of nitrogens with one attached hydrogen (secondary N) is 1. The van der Waals surface area contributed by atoms with Gasteiger partial charge in [0, 0.05) is 31.7 Å². The van der Waals surface area contributed by atoms with E-state index in [4.69, 9.17) is 4.74 Å². The van der Waals surface area contributed by atoms with Crippen LogP contribution in [-0.2, 0) is 17.8 Å². The fourth-order valence-corrected chi connectivity index (χ4v) is 2.95. The van der Waals surface area contributed by atoms with Crippen molar-refractivity contribution in [1.82, 2.24) is 10.2 Å². The molecule has 2 unspecified atom stereocenters. The number of carbonyl (C=O) groups excluding carboxylic acids is 1. The molecule has 110 valence electrons. The quantitative estimate of drug-likeness (QED) is 0.861. The molecule has 1 N–H and O–H groups in total. The highest BCUT2D eigenvalue weighted by Crippen LogP contribution is 2.20. The van der Waals surface area contributed by atoms with Crippen molar-refractivity contribution in [3.05, 3.63) is 34.9 Å². The van der Waals surface area contributed by atoms with Gasteiger partial charge in [-0.1, -0.05) is 6.07 Å². The van der Waals surface area contributed by atoms with Gasteiger partial charge in [-0.3, -0.25) is 4.79 Å². The molecule has 3 rings (SSSR count). The third kappa shape index (κ3) is 2.97. The summed E-state index contributed by atoms with van der Waals surface area (Å²) in [5.74, 6) is 0.122. The van der Waals surface area contributed by atoms with Crippen LogP contribution < -0.4 is 5.32 Å². The highest BCUT2D eigenvalue weighted by atomic mass is 35.5. The third-order valence-corrected chi connectivity index (χ3v) is 3.79. The third-order valence-electron chi connectivity index (χ3n) is 3.79. The highest BCUT2D eigenvalue weighted by Gasteiger charge is 2.27. The van der Waals surface area contributed by atoms with Crippen molar-refractivity contribution >= 4 is 18.3 Å². The number of amides is 1. The van der Waals surface area contributed by atoms with Crippen molar-refractivity contribution in [1.29, 1.82) is 0 Å². The molecule has 1 fully saturated rings. The molecule has 2 aliphatic heterocycles. The van der Waals surface area contributed by atoms with Crippen molar-refractivity contribution in [3.8, 4) is 0 Å². The summed E-state index contributed by atoms with van der Waals surface area (Å²) in [5.41, 5.74) is 3.35. The summed E-state index contributed by atoms with van der Waals surface area (Å²) in [7, 11) is 0. The van der Waals surface area contributed by atoms with Gasteiger partial charge in [0.1, 0.15) is 0 Å². The van der Waals surface area contributed by atoms with Gasteiger partial charge in [-0.2, -0.15) is 0 Å². The van der Waals surface area contributed by atoms with Gasteiger partial charge in [-0.25, -0.2) is 0 Å². The second kappa shape index (κ2) is 6.12. The van der Waals surface area contributed by atoms with E-state index in [2.05, 4.69) is 11.4 Å². The van der Waals surface area contributed by atoms with Crippen molar-refractivity contribution in [2.75, 3.05) is 13.1 Å². The number of morpholine rings is 1. The van der Waals surface area contributed by atoms with Crippen LogP contribution in [0.2, 0.25) is 0 Å². The predicted molar refractivity (Wildman–Crippen MR) is 80.1 cm³/mol. The van der Waals surface area contributed by atoms with Gasteiger partial charge < -0.3 is 15.0 Å². The maximum atomic E-state index is 12.5. The second-order valence-corrected chi connectivity index (χ2v) is 5.55. The molecule has 2 atom stereocenters. The van der Waals surface area contributed by atoms with Gasteiger partial charge in [-0.15, -0.1) is 12.4 Å². The van der Waals surface area contributed by atoms with Crippen LogP contribution in [-0.4, -0.2) is 36.1 Å². The molecule has 0 aromatic heterocycles. The molecule has 4 nitrogen and oxygen atoms in total. The fourth-order valence-electron chi connectivity index (χ4n) is 2.95. The number of ether oxygens (including phenoxy) is 1. The van der Waals surface area contributed by atoms with E-state index in [1.165, 1.54) is 11.1 Å². The summed E-state index contributed by atoms with van der Waals surface area (Å²) in [4.78, 5) is 14.4. The Bertz CT molecular complexity index is 497. The first kappa shape index (κ1) is 15.3. The van der Waals surface area contributed by atoms with E-state index in [1.807, 2.05) is 30.9 Å². The van der Waals surface area contributed by atoms with Crippen LogP contribution in [0.15, 0.2) is 18.2 Å². The summed E-state index contributed by atoms with van der Waals surface area (Å²) in [6, 6.07) is 6.04. The van der Waals surface area contributed by atoms with Crippen molar-refractivity contribution in [2.24, 2.45) is 0 Å². The Balaban J connectivity index is 0.00000147. The normalized spacial score (nSPS) is 25.0. The summed E-state index contributed by atoms with van der Waals surface area (Å²) < 4.78 is 5.67. The molecule has 1 amide bonds. The number of rotatable bonds is 1. The number of carbonyl (C=O) groups is 1. The first-order valence-corrected chi connectivity index (χ1v) is 6.91. The molecule has 0 aliphatic carbocycles. The van der Waals surface area contributed by atoms with Crippen molar-refractivity contribution < 1.29 is 9.53 Å². The molecule has 0 bridgehead atoms. The maximum Gasteiger partial charge on any atom is 0.254 e. The summed E-state index contributed by atoms with van der Waals surface area (Å²) >= 11 is 0. The second-order valence-electron chi connectivity index (χ2n) is 5.55. The van der Waals surface area contributed by atoms with Crippen LogP contribution in [0.5, 0.6) is 0 Å². The SMILES string of the molecule is CC1CN(C(=O)c2ccc3c(c2)CNC3)CC(C)O1.Cl. The lowest BCUT2D eigenvalue weighted by atomic mass is 10.0. The Hall–Kier alpha value is -1.10. The van der Waals surface area contributed by atoms with Gasteiger partial charge in [-0.05, 0) is 37.1 Å². The molecular weight excluding hydrogens is 276 g/mol.